The predicted molar refractivity (Wildman–Crippen MR) is 75.2 cm³/mol. The van der Waals surface area contributed by atoms with E-state index in [0.29, 0.717) is 18.4 Å². The quantitative estimate of drug-likeness (QED) is 0.930. The van der Waals surface area contributed by atoms with Gasteiger partial charge >= 0.3 is 0 Å². The smallest absolute Gasteiger partial charge is 0.278 e. The first-order valence-corrected chi connectivity index (χ1v) is 6.61. The van der Waals surface area contributed by atoms with Crippen molar-refractivity contribution in [2.75, 3.05) is 20.8 Å². The zero-order valence-electron chi connectivity index (χ0n) is 11.9. The highest BCUT2D eigenvalue weighted by atomic mass is 16.5. The molecule has 6 nitrogen and oxygen atoms in total. The summed E-state index contributed by atoms with van der Waals surface area (Å²) in [4.78, 5) is 8.65. The van der Waals surface area contributed by atoms with Crippen molar-refractivity contribution in [2.45, 2.75) is 12.3 Å². The summed E-state index contributed by atoms with van der Waals surface area (Å²) < 4.78 is 16.0. The topological polar surface area (TPSA) is 73.7 Å². The molecule has 2 heterocycles. The number of rotatable bonds is 3. The maximum Gasteiger partial charge on any atom is 0.278 e. The highest BCUT2D eigenvalue weighted by molar-refractivity contribution is 5.42. The SMILES string of the molecule is COc1ncc(C2COc3cc(O)ccc3C2)nc1OC. The summed E-state index contributed by atoms with van der Waals surface area (Å²) in [5.74, 6) is 1.75. The fourth-order valence-corrected chi connectivity index (χ4v) is 2.39. The van der Waals surface area contributed by atoms with Gasteiger partial charge in [0.2, 0.25) is 0 Å². The summed E-state index contributed by atoms with van der Waals surface area (Å²) in [6.07, 6.45) is 2.46. The molecule has 6 heteroatoms. The second-order valence-corrected chi connectivity index (χ2v) is 4.82. The van der Waals surface area contributed by atoms with E-state index in [4.69, 9.17) is 14.2 Å². The molecule has 0 amide bonds. The third-order valence-corrected chi connectivity index (χ3v) is 3.49. The zero-order chi connectivity index (χ0) is 14.8. The van der Waals surface area contributed by atoms with Gasteiger partial charge in [0.1, 0.15) is 11.5 Å². The maximum absolute atomic E-state index is 9.46. The molecular weight excluding hydrogens is 272 g/mol. The van der Waals surface area contributed by atoms with E-state index in [1.165, 1.54) is 14.2 Å². The summed E-state index contributed by atoms with van der Waals surface area (Å²) >= 11 is 0. The van der Waals surface area contributed by atoms with E-state index >= 15 is 0 Å². The van der Waals surface area contributed by atoms with Crippen LogP contribution in [-0.2, 0) is 6.42 Å². The lowest BCUT2D eigenvalue weighted by atomic mass is 9.94. The molecule has 21 heavy (non-hydrogen) atoms. The van der Waals surface area contributed by atoms with E-state index in [1.807, 2.05) is 6.07 Å². The third-order valence-electron chi connectivity index (χ3n) is 3.49. The van der Waals surface area contributed by atoms with Crippen LogP contribution in [-0.4, -0.2) is 35.9 Å². The number of aromatic nitrogens is 2. The molecule has 0 saturated carbocycles. The monoisotopic (exact) mass is 288 g/mol. The Morgan fingerprint density at radius 1 is 1.24 bits per heavy atom. The summed E-state index contributed by atoms with van der Waals surface area (Å²) in [7, 11) is 3.06. The van der Waals surface area contributed by atoms with Crippen LogP contribution in [0.2, 0.25) is 0 Å². The molecule has 1 aliphatic rings. The van der Waals surface area contributed by atoms with Crippen LogP contribution in [0.25, 0.3) is 0 Å². The first-order valence-electron chi connectivity index (χ1n) is 6.61. The second kappa shape index (κ2) is 5.47. The highest BCUT2D eigenvalue weighted by Crippen LogP contribution is 2.35. The van der Waals surface area contributed by atoms with Crippen molar-refractivity contribution in [2.24, 2.45) is 0 Å². The Morgan fingerprint density at radius 3 is 2.81 bits per heavy atom. The lowest BCUT2D eigenvalue weighted by molar-refractivity contribution is 0.256. The first kappa shape index (κ1) is 13.5. The van der Waals surface area contributed by atoms with E-state index in [0.717, 1.165) is 23.4 Å². The van der Waals surface area contributed by atoms with Gasteiger partial charge in [0, 0.05) is 12.0 Å². The number of fused-ring (bicyclic) bond motifs is 1. The number of methoxy groups -OCH3 is 2. The van der Waals surface area contributed by atoms with Crippen LogP contribution in [0.5, 0.6) is 23.3 Å². The number of ether oxygens (including phenoxy) is 3. The van der Waals surface area contributed by atoms with Crippen LogP contribution in [0.4, 0.5) is 0 Å². The van der Waals surface area contributed by atoms with Crippen molar-refractivity contribution in [1.82, 2.24) is 9.97 Å². The van der Waals surface area contributed by atoms with Gasteiger partial charge < -0.3 is 19.3 Å². The minimum absolute atomic E-state index is 0.0920. The molecule has 1 aromatic carbocycles. The Bertz CT molecular complexity index is 660. The molecule has 1 aromatic heterocycles. The molecule has 0 fully saturated rings. The van der Waals surface area contributed by atoms with Crippen LogP contribution >= 0.6 is 0 Å². The van der Waals surface area contributed by atoms with Gasteiger partial charge in [0.25, 0.3) is 11.8 Å². The van der Waals surface area contributed by atoms with Crippen molar-refractivity contribution < 1.29 is 19.3 Å². The van der Waals surface area contributed by atoms with Crippen molar-refractivity contribution in [3.05, 3.63) is 35.7 Å². The van der Waals surface area contributed by atoms with Crippen LogP contribution in [0.3, 0.4) is 0 Å². The highest BCUT2D eigenvalue weighted by Gasteiger charge is 2.24. The van der Waals surface area contributed by atoms with Crippen molar-refractivity contribution >= 4 is 0 Å². The summed E-state index contributed by atoms with van der Waals surface area (Å²) in [5.41, 5.74) is 1.84. The molecule has 1 aliphatic heterocycles. The molecule has 0 radical (unpaired) electrons. The minimum Gasteiger partial charge on any atom is -0.508 e. The largest absolute Gasteiger partial charge is 0.508 e. The zero-order valence-corrected chi connectivity index (χ0v) is 11.9. The standard InChI is InChI=1S/C15H16N2O4/c1-19-14-15(20-2)17-12(7-16-14)10-5-9-3-4-11(18)6-13(9)21-8-10/h3-4,6-7,10,18H,5,8H2,1-2H3. The second-order valence-electron chi connectivity index (χ2n) is 4.82. The first-order chi connectivity index (χ1) is 10.2. The fourth-order valence-electron chi connectivity index (χ4n) is 2.39. The Balaban J connectivity index is 1.87. The van der Waals surface area contributed by atoms with E-state index in [9.17, 15) is 5.11 Å². The normalized spacial score (nSPS) is 16.8. The average Bonchev–Trinajstić information content (AvgIpc) is 2.53. The van der Waals surface area contributed by atoms with Gasteiger partial charge in [0.15, 0.2) is 0 Å². The maximum atomic E-state index is 9.46. The van der Waals surface area contributed by atoms with Crippen LogP contribution in [0, 0.1) is 0 Å². The number of benzene rings is 1. The molecule has 1 atom stereocenters. The third kappa shape index (κ3) is 2.56. The molecule has 2 aromatic rings. The van der Waals surface area contributed by atoms with Crippen molar-refractivity contribution in [3.8, 4) is 23.3 Å². The molecule has 0 aliphatic carbocycles. The van der Waals surface area contributed by atoms with E-state index in [1.54, 1.807) is 18.3 Å². The molecule has 0 saturated heterocycles. The molecular formula is C15H16N2O4. The molecule has 3 rings (SSSR count). The average molecular weight is 288 g/mol. The Hall–Kier alpha value is -2.50. The minimum atomic E-state index is 0.0920. The predicted octanol–water partition coefficient (Wildman–Crippen LogP) is 1.92. The molecule has 110 valence electrons. The summed E-state index contributed by atoms with van der Waals surface area (Å²) in [6.45, 7) is 0.487. The van der Waals surface area contributed by atoms with E-state index in [-0.39, 0.29) is 11.7 Å². The van der Waals surface area contributed by atoms with Gasteiger partial charge in [-0.15, -0.1) is 0 Å². The summed E-state index contributed by atoms with van der Waals surface area (Å²) in [5, 5.41) is 9.46. The summed E-state index contributed by atoms with van der Waals surface area (Å²) in [6, 6.07) is 5.15. The lowest BCUT2D eigenvalue weighted by Crippen LogP contribution is -2.20. The van der Waals surface area contributed by atoms with Gasteiger partial charge in [-0.3, -0.25) is 0 Å². The molecule has 0 spiro atoms. The van der Waals surface area contributed by atoms with Crippen LogP contribution < -0.4 is 14.2 Å². The fraction of sp³-hybridized carbons (Fsp3) is 0.333. The van der Waals surface area contributed by atoms with Crippen LogP contribution in [0.1, 0.15) is 17.2 Å². The molecule has 1 N–H and O–H groups in total. The van der Waals surface area contributed by atoms with Gasteiger partial charge in [0.05, 0.1) is 32.7 Å². The number of hydrogen-bond acceptors (Lipinski definition) is 6. The van der Waals surface area contributed by atoms with Gasteiger partial charge in [-0.1, -0.05) is 6.07 Å². The lowest BCUT2D eigenvalue weighted by Gasteiger charge is -2.25. The Labute approximate surface area is 122 Å². The number of aromatic hydroxyl groups is 1. The van der Waals surface area contributed by atoms with Crippen molar-refractivity contribution in [3.63, 3.8) is 0 Å². The number of hydrogen-bond donors (Lipinski definition) is 1. The van der Waals surface area contributed by atoms with Gasteiger partial charge in [-0.2, -0.15) is 0 Å². The van der Waals surface area contributed by atoms with Gasteiger partial charge in [-0.25, -0.2) is 9.97 Å². The molecule has 1 unspecified atom stereocenters. The molecule has 0 bridgehead atoms. The number of nitrogens with zero attached hydrogens (tertiary/aromatic N) is 2. The number of phenols is 1. The van der Waals surface area contributed by atoms with E-state index < -0.39 is 0 Å². The van der Waals surface area contributed by atoms with Crippen LogP contribution in [0.15, 0.2) is 24.4 Å². The van der Waals surface area contributed by atoms with Crippen molar-refractivity contribution in [1.29, 1.82) is 0 Å². The van der Waals surface area contributed by atoms with Gasteiger partial charge in [-0.05, 0) is 18.1 Å². The Kier molecular flexibility index (Phi) is 3.51. The van der Waals surface area contributed by atoms with E-state index in [2.05, 4.69) is 9.97 Å². The Morgan fingerprint density at radius 2 is 2.05 bits per heavy atom. The number of phenolic OH excluding ortho intramolecular Hbond substituents is 1.